The van der Waals surface area contributed by atoms with Crippen molar-refractivity contribution in [1.29, 1.82) is 0 Å². The van der Waals surface area contributed by atoms with Gasteiger partial charge < -0.3 is 4.52 Å². The first kappa shape index (κ1) is 16.5. The smallest absolute Gasteiger partial charge is 0.243 e. The lowest BCUT2D eigenvalue weighted by Gasteiger charge is -2.19. The maximum absolute atomic E-state index is 12.1. The van der Waals surface area contributed by atoms with Crippen molar-refractivity contribution >= 4 is 12.1 Å². The standard InChI is InChI=1S/C18H24N4O2/c1-12-9-16(14(3)22(12)17-10-13(2)24-21-17)11-19-20-18(23)15-7-5-4-6-8-15/h9-11,15H,4-8H2,1-3H3,(H,20,23)/b19-11-. The van der Waals surface area contributed by atoms with Gasteiger partial charge in [0.05, 0.1) is 6.21 Å². The molecule has 1 saturated carbocycles. The van der Waals surface area contributed by atoms with Gasteiger partial charge in [-0.1, -0.05) is 24.4 Å². The van der Waals surface area contributed by atoms with E-state index in [4.69, 9.17) is 4.52 Å². The fraction of sp³-hybridized carbons (Fsp3) is 0.500. The van der Waals surface area contributed by atoms with Gasteiger partial charge in [0.15, 0.2) is 5.82 Å². The summed E-state index contributed by atoms with van der Waals surface area (Å²) in [7, 11) is 0. The number of aromatic nitrogens is 2. The molecule has 1 N–H and O–H groups in total. The third-order valence-electron chi connectivity index (χ3n) is 4.67. The molecule has 0 atom stereocenters. The van der Waals surface area contributed by atoms with Crippen molar-refractivity contribution in [2.24, 2.45) is 11.0 Å². The molecule has 0 aliphatic heterocycles. The molecule has 0 bridgehead atoms. The SMILES string of the molecule is Cc1cc(-n2c(C)cc(/C=N\NC(=O)C3CCCCC3)c2C)no1. The molecule has 128 valence electrons. The second-order valence-electron chi connectivity index (χ2n) is 6.53. The Labute approximate surface area is 141 Å². The number of nitrogens with one attached hydrogen (secondary N) is 1. The summed E-state index contributed by atoms with van der Waals surface area (Å²) >= 11 is 0. The number of carbonyl (C=O) groups excluding carboxylic acids is 1. The Morgan fingerprint density at radius 1 is 1.29 bits per heavy atom. The molecule has 24 heavy (non-hydrogen) atoms. The molecule has 1 aliphatic carbocycles. The van der Waals surface area contributed by atoms with Crippen LogP contribution in [0.3, 0.4) is 0 Å². The Hall–Kier alpha value is -2.37. The summed E-state index contributed by atoms with van der Waals surface area (Å²) in [6.07, 6.45) is 7.16. The molecule has 6 heteroatoms. The van der Waals surface area contributed by atoms with Gasteiger partial charge in [0.2, 0.25) is 5.91 Å². The maximum atomic E-state index is 12.1. The van der Waals surface area contributed by atoms with Gasteiger partial charge in [0.25, 0.3) is 0 Å². The highest BCUT2D eigenvalue weighted by Crippen LogP contribution is 2.23. The Kier molecular flexibility index (Phi) is 4.83. The maximum Gasteiger partial charge on any atom is 0.243 e. The first-order valence-electron chi connectivity index (χ1n) is 8.52. The summed E-state index contributed by atoms with van der Waals surface area (Å²) in [6.45, 7) is 5.88. The van der Waals surface area contributed by atoms with Gasteiger partial charge >= 0.3 is 0 Å². The van der Waals surface area contributed by atoms with Crippen molar-refractivity contribution in [2.75, 3.05) is 0 Å². The van der Waals surface area contributed by atoms with E-state index in [0.717, 1.165) is 54.2 Å². The molecule has 2 heterocycles. The first-order chi connectivity index (χ1) is 11.6. The van der Waals surface area contributed by atoms with Crippen molar-refractivity contribution in [2.45, 2.75) is 52.9 Å². The second kappa shape index (κ2) is 7.03. The Morgan fingerprint density at radius 3 is 2.71 bits per heavy atom. The number of carbonyl (C=O) groups is 1. The quantitative estimate of drug-likeness (QED) is 0.690. The number of aryl methyl sites for hydroxylation is 2. The van der Waals surface area contributed by atoms with Crippen molar-refractivity contribution in [3.63, 3.8) is 0 Å². The van der Waals surface area contributed by atoms with E-state index >= 15 is 0 Å². The Morgan fingerprint density at radius 2 is 2.04 bits per heavy atom. The van der Waals surface area contributed by atoms with Crippen LogP contribution in [0.2, 0.25) is 0 Å². The molecule has 2 aromatic rings. The summed E-state index contributed by atoms with van der Waals surface area (Å²) in [5.41, 5.74) is 5.70. The predicted molar refractivity (Wildman–Crippen MR) is 92.4 cm³/mol. The lowest BCUT2D eigenvalue weighted by Crippen LogP contribution is -2.28. The molecule has 0 saturated heterocycles. The normalized spacial score (nSPS) is 16.0. The largest absolute Gasteiger partial charge is 0.360 e. The van der Waals surface area contributed by atoms with Crippen LogP contribution in [0.25, 0.3) is 5.82 Å². The van der Waals surface area contributed by atoms with Crippen molar-refractivity contribution in [3.05, 3.63) is 34.8 Å². The highest BCUT2D eigenvalue weighted by atomic mass is 16.5. The average Bonchev–Trinajstić information content (AvgIpc) is 3.11. The minimum absolute atomic E-state index is 0.0342. The molecule has 1 fully saturated rings. The Balaban J connectivity index is 1.70. The highest BCUT2D eigenvalue weighted by Gasteiger charge is 2.20. The number of hydrogen-bond donors (Lipinski definition) is 1. The number of rotatable bonds is 4. The summed E-state index contributed by atoms with van der Waals surface area (Å²) in [4.78, 5) is 12.1. The fourth-order valence-corrected chi connectivity index (χ4v) is 3.35. The number of hydrazone groups is 1. The van der Waals surface area contributed by atoms with Crippen LogP contribution in [0.4, 0.5) is 0 Å². The van der Waals surface area contributed by atoms with Crippen molar-refractivity contribution in [1.82, 2.24) is 15.1 Å². The summed E-state index contributed by atoms with van der Waals surface area (Å²) in [6, 6.07) is 3.92. The zero-order valence-corrected chi connectivity index (χ0v) is 14.5. The van der Waals surface area contributed by atoms with Crippen LogP contribution < -0.4 is 5.43 Å². The van der Waals surface area contributed by atoms with Crippen LogP contribution in [-0.2, 0) is 4.79 Å². The molecule has 3 rings (SSSR count). The summed E-state index contributed by atoms with van der Waals surface area (Å²) < 4.78 is 7.17. The minimum Gasteiger partial charge on any atom is -0.360 e. The molecule has 1 aliphatic rings. The van der Waals surface area contributed by atoms with E-state index in [0.29, 0.717) is 0 Å². The van der Waals surface area contributed by atoms with Crippen LogP contribution in [0.1, 0.15) is 54.8 Å². The molecular weight excluding hydrogens is 304 g/mol. The number of hydrogen-bond acceptors (Lipinski definition) is 4. The van der Waals surface area contributed by atoms with Crippen LogP contribution in [0, 0.1) is 26.7 Å². The monoisotopic (exact) mass is 328 g/mol. The van der Waals surface area contributed by atoms with Gasteiger partial charge in [0.1, 0.15) is 5.76 Å². The minimum atomic E-state index is 0.0342. The molecule has 6 nitrogen and oxygen atoms in total. The van der Waals surface area contributed by atoms with E-state index < -0.39 is 0 Å². The van der Waals surface area contributed by atoms with Crippen LogP contribution in [0.15, 0.2) is 21.8 Å². The molecule has 2 aromatic heterocycles. The van der Waals surface area contributed by atoms with E-state index in [1.165, 1.54) is 6.42 Å². The topological polar surface area (TPSA) is 72.4 Å². The highest BCUT2D eigenvalue weighted by molar-refractivity contribution is 5.84. The van der Waals surface area contributed by atoms with Gasteiger partial charge in [0, 0.05) is 28.9 Å². The third kappa shape index (κ3) is 3.42. The van der Waals surface area contributed by atoms with E-state index in [1.807, 2.05) is 37.5 Å². The predicted octanol–water partition coefficient (Wildman–Crippen LogP) is 3.42. The molecule has 0 aromatic carbocycles. The molecule has 0 spiro atoms. The van der Waals surface area contributed by atoms with Crippen molar-refractivity contribution < 1.29 is 9.32 Å². The first-order valence-corrected chi connectivity index (χ1v) is 8.52. The third-order valence-corrected chi connectivity index (χ3v) is 4.67. The van der Waals surface area contributed by atoms with Gasteiger partial charge in [-0.3, -0.25) is 9.36 Å². The molecule has 0 unspecified atom stereocenters. The lowest BCUT2D eigenvalue weighted by molar-refractivity contribution is -0.125. The fourth-order valence-electron chi connectivity index (χ4n) is 3.35. The molecule has 0 radical (unpaired) electrons. The zero-order valence-electron chi connectivity index (χ0n) is 14.5. The summed E-state index contributed by atoms with van der Waals surface area (Å²) in [5.74, 6) is 1.68. The van der Waals surface area contributed by atoms with Crippen molar-refractivity contribution in [3.8, 4) is 5.82 Å². The van der Waals surface area contributed by atoms with Gasteiger partial charge in [-0.25, -0.2) is 5.43 Å². The van der Waals surface area contributed by atoms with Gasteiger partial charge in [-0.2, -0.15) is 5.10 Å². The lowest BCUT2D eigenvalue weighted by atomic mass is 9.89. The van der Waals surface area contributed by atoms with E-state index in [2.05, 4.69) is 15.7 Å². The van der Waals surface area contributed by atoms with Crippen LogP contribution in [0.5, 0.6) is 0 Å². The number of nitrogens with zero attached hydrogens (tertiary/aromatic N) is 3. The molecular formula is C18H24N4O2. The van der Waals surface area contributed by atoms with Gasteiger partial charge in [-0.15, -0.1) is 0 Å². The van der Waals surface area contributed by atoms with E-state index in [-0.39, 0.29) is 11.8 Å². The average molecular weight is 328 g/mol. The van der Waals surface area contributed by atoms with E-state index in [9.17, 15) is 4.79 Å². The van der Waals surface area contributed by atoms with Crippen LogP contribution >= 0.6 is 0 Å². The Bertz CT molecular complexity index is 751. The zero-order chi connectivity index (χ0) is 17.1. The van der Waals surface area contributed by atoms with Gasteiger partial charge in [-0.05, 0) is 39.7 Å². The van der Waals surface area contributed by atoms with E-state index in [1.54, 1.807) is 6.21 Å². The second-order valence-corrected chi connectivity index (χ2v) is 6.53. The summed E-state index contributed by atoms with van der Waals surface area (Å²) in [5, 5.41) is 8.21. The number of amides is 1. The molecule has 1 amide bonds. The van der Waals surface area contributed by atoms with Crippen LogP contribution in [-0.4, -0.2) is 21.8 Å².